The zero-order valence-corrected chi connectivity index (χ0v) is 16.2. The van der Waals surface area contributed by atoms with Crippen molar-refractivity contribution in [2.24, 2.45) is 5.92 Å². The lowest BCUT2D eigenvalue weighted by atomic mass is 10.1. The van der Waals surface area contributed by atoms with E-state index in [-0.39, 0.29) is 17.2 Å². The van der Waals surface area contributed by atoms with Gasteiger partial charge in [0.2, 0.25) is 5.91 Å². The summed E-state index contributed by atoms with van der Waals surface area (Å²) in [6.45, 7) is 4.07. The molecule has 0 bridgehead atoms. The van der Waals surface area contributed by atoms with E-state index in [1.165, 1.54) is 16.7 Å². The van der Waals surface area contributed by atoms with Gasteiger partial charge in [-0.05, 0) is 23.3 Å². The number of aliphatic carboxylic acids is 1. The lowest BCUT2D eigenvalue weighted by molar-refractivity contribution is -0.150. The van der Waals surface area contributed by atoms with Gasteiger partial charge in [-0.2, -0.15) is 0 Å². The van der Waals surface area contributed by atoms with Crippen LogP contribution in [0.5, 0.6) is 5.75 Å². The summed E-state index contributed by atoms with van der Waals surface area (Å²) in [6.07, 6.45) is 0. The molecule has 2 unspecified atom stereocenters. The van der Waals surface area contributed by atoms with Gasteiger partial charge in [0, 0.05) is 11.7 Å². The zero-order valence-electron chi connectivity index (χ0n) is 15.4. The highest BCUT2D eigenvalue weighted by Gasteiger charge is 2.42. The number of ether oxygens (including phenoxy) is 1. The van der Waals surface area contributed by atoms with Crippen LogP contribution < -0.4 is 4.74 Å². The first kappa shape index (κ1) is 19.3. The molecular weight excluding hydrogens is 362 g/mol. The van der Waals surface area contributed by atoms with Crippen LogP contribution >= 0.6 is 11.8 Å². The van der Waals surface area contributed by atoms with Crippen molar-refractivity contribution < 1.29 is 19.4 Å². The average Bonchev–Trinajstić information content (AvgIpc) is 3.12. The van der Waals surface area contributed by atoms with Crippen molar-refractivity contribution in [3.8, 4) is 5.75 Å². The molecule has 1 aliphatic heterocycles. The van der Waals surface area contributed by atoms with Crippen LogP contribution in [-0.2, 0) is 16.2 Å². The minimum atomic E-state index is -0.957. The largest absolute Gasteiger partial charge is 0.489 e. The molecule has 27 heavy (non-hydrogen) atoms. The first-order chi connectivity index (χ1) is 13.0. The molecule has 1 fully saturated rings. The number of hydrogen-bond acceptors (Lipinski definition) is 4. The lowest BCUT2D eigenvalue weighted by Crippen LogP contribution is -2.44. The molecule has 5 nitrogen and oxygen atoms in total. The highest BCUT2D eigenvalue weighted by Crippen LogP contribution is 2.42. The lowest BCUT2D eigenvalue weighted by Gasteiger charge is -2.29. The van der Waals surface area contributed by atoms with Gasteiger partial charge in [-0.1, -0.05) is 56.3 Å². The van der Waals surface area contributed by atoms with Crippen molar-refractivity contribution >= 4 is 23.6 Å². The molecule has 1 saturated heterocycles. The van der Waals surface area contributed by atoms with Gasteiger partial charge in [0.15, 0.2) is 0 Å². The quantitative estimate of drug-likeness (QED) is 0.816. The van der Waals surface area contributed by atoms with Gasteiger partial charge in [0.05, 0.1) is 0 Å². The Hall–Kier alpha value is -2.47. The molecule has 142 valence electrons. The number of nitrogens with zero attached hydrogens (tertiary/aromatic N) is 1. The predicted molar refractivity (Wildman–Crippen MR) is 106 cm³/mol. The number of carbonyl (C=O) groups excluding carboxylic acids is 1. The standard InChI is InChI=1S/C21H23NO4S/c1-14(2)19(23)22-18(21(24)25)13-27-20(22)16-8-10-17(11-9-16)26-12-15-6-4-3-5-7-15/h3-11,14,18,20H,12-13H2,1-2H3,(H,24,25). The smallest absolute Gasteiger partial charge is 0.327 e. The third kappa shape index (κ3) is 4.45. The fourth-order valence-electron chi connectivity index (χ4n) is 2.99. The SMILES string of the molecule is CC(C)C(=O)N1C(C(=O)O)CSC1c1ccc(OCc2ccccc2)cc1. The first-order valence-corrected chi connectivity index (χ1v) is 9.95. The molecule has 0 saturated carbocycles. The minimum absolute atomic E-state index is 0.137. The zero-order chi connectivity index (χ0) is 19.4. The van der Waals surface area contributed by atoms with E-state index in [0.29, 0.717) is 12.4 Å². The molecule has 0 radical (unpaired) electrons. The molecule has 2 aromatic carbocycles. The topological polar surface area (TPSA) is 66.8 Å². The van der Waals surface area contributed by atoms with Crippen LogP contribution in [-0.4, -0.2) is 33.7 Å². The van der Waals surface area contributed by atoms with Gasteiger partial charge in [0.25, 0.3) is 0 Å². The summed E-state index contributed by atoms with van der Waals surface area (Å²) in [5.74, 6) is -0.211. The Morgan fingerprint density at radius 2 is 1.81 bits per heavy atom. The third-order valence-corrected chi connectivity index (χ3v) is 5.77. The number of carboxylic acid groups (broad SMARTS) is 1. The van der Waals surface area contributed by atoms with E-state index in [1.807, 2.05) is 54.6 Å². The number of benzene rings is 2. The summed E-state index contributed by atoms with van der Waals surface area (Å²) in [4.78, 5) is 25.7. The summed E-state index contributed by atoms with van der Waals surface area (Å²) in [7, 11) is 0. The van der Waals surface area contributed by atoms with E-state index in [4.69, 9.17) is 4.74 Å². The second-order valence-electron chi connectivity index (χ2n) is 6.78. The van der Waals surface area contributed by atoms with Crippen LogP contribution in [0.25, 0.3) is 0 Å². The monoisotopic (exact) mass is 385 g/mol. The molecular formula is C21H23NO4S. The normalized spacial score (nSPS) is 19.3. The minimum Gasteiger partial charge on any atom is -0.489 e. The third-order valence-electron chi connectivity index (χ3n) is 4.45. The van der Waals surface area contributed by atoms with Gasteiger partial charge in [0.1, 0.15) is 23.8 Å². The fourth-order valence-corrected chi connectivity index (χ4v) is 4.42. The maximum absolute atomic E-state index is 12.6. The summed E-state index contributed by atoms with van der Waals surface area (Å²) in [5, 5.41) is 9.19. The van der Waals surface area contributed by atoms with E-state index >= 15 is 0 Å². The Balaban J connectivity index is 1.73. The van der Waals surface area contributed by atoms with Crippen LogP contribution in [0.2, 0.25) is 0 Å². The predicted octanol–water partition coefficient (Wildman–Crippen LogP) is 3.95. The van der Waals surface area contributed by atoms with Crippen LogP contribution in [0.15, 0.2) is 54.6 Å². The Bertz CT molecular complexity index is 792. The fraction of sp³-hybridized carbons (Fsp3) is 0.333. The number of thioether (sulfide) groups is 1. The molecule has 1 amide bonds. The van der Waals surface area contributed by atoms with Gasteiger partial charge in [-0.3, -0.25) is 4.79 Å². The van der Waals surface area contributed by atoms with Crippen molar-refractivity contribution in [3.63, 3.8) is 0 Å². The van der Waals surface area contributed by atoms with Crippen molar-refractivity contribution in [1.82, 2.24) is 4.90 Å². The van der Waals surface area contributed by atoms with Crippen LogP contribution in [0.4, 0.5) is 0 Å². The summed E-state index contributed by atoms with van der Waals surface area (Å²) >= 11 is 1.49. The Morgan fingerprint density at radius 3 is 2.41 bits per heavy atom. The second kappa shape index (κ2) is 8.48. The second-order valence-corrected chi connectivity index (χ2v) is 7.90. The van der Waals surface area contributed by atoms with Crippen LogP contribution in [0, 0.1) is 5.92 Å². The molecule has 6 heteroatoms. The molecule has 0 aliphatic carbocycles. The number of rotatable bonds is 6. The molecule has 0 aromatic heterocycles. The Morgan fingerprint density at radius 1 is 1.15 bits per heavy atom. The van der Waals surface area contributed by atoms with Gasteiger partial charge in [-0.15, -0.1) is 11.8 Å². The molecule has 1 heterocycles. The molecule has 2 atom stereocenters. The van der Waals surface area contributed by atoms with Gasteiger partial charge >= 0.3 is 5.97 Å². The Labute approximate surface area is 163 Å². The molecule has 0 spiro atoms. The van der Waals surface area contributed by atoms with E-state index in [0.717, 1.165) is 16.9 Å². The van der Waals surface area contributed by atoms with Gasteiger partial charge in [-0.25, -0.2) is 4.79 Å². The highest BCUT2D eigenvalue weighted by atomic mass is 32.2. The summed E-state index contributed by atoms with van der Waals surface area (Å²) in [6, 6.07) is 16.7. The molecule has 1 aliphatic rings. The van der Waals surface area contributed by atoms with E-state index < -0.39 is 12.0 Å². The van der Waals surface area contributed by atoms with Crippen molar-refractivity contribution in [2.75, 3.05) is 5.75 Å². The van der Waals surface area contributed by atoms with E-state index in [2.05, 4.69) is 0 Å². The highest BCUT2D eigenvalue weighted by molar-refractivity contribution is 7.99. The van der Waals surface area contributed by atoms with Crippen molar-refractivity contribution in [2.45, 2.75) is 31.9 Å². The maximum atomic E-state index is 12.6. The maximum Gasteiger partial charge on any atom is 0.327 e. The van der Waals surface area contributed by atoms with E-state index in [1.54, 1.807) is 13.8 Å². The first-order valence-electron chi connectivity index (χ1n) is 8.90. The number of hydrogen-bond donors (Lipinski definition) is 1. The van der Waals surface area contributed by atoms with Crippen LogP contribution in [0.3, 0.4) is 0 Å². The van der Waals surface area contributed by atoms with E-state index in [9.17, 15) is 14.7 Å². The van der Waals surface area contributed by atoms with Crippen molar-refractivity contribution in [3.05, 3.63) is 65.7 Å². The average molecular weight is 385 g/mol. The molecule has 2 aromatic rings. The van der Waals surface area contributed by atoms with Gasteiger partial charge < -0.3 is 14.7 Å². The summed E-state index contributed by atoms with van der Waals surface area (Å²) in [5.41, 5.74) is 2.00. The molecule has 3 rings (SSSR count). The number of carbonyl (C=O) groups is 2. The Kier molecular flexibility index (Phi) is 6.06. The number of carboxylic acids is 1. The summed E-state index contributed by atoms with van der Waals surface area (Å²) < 4.78 is 5.80. The van der Waals surface area contributed by atoms with Crippen molar-refractivity contribution in [1.29, 1.82) is 0 Å². The molecule has 1 N–H and O–H groups in total. The number of amides is 1. The van der Waals surface area contributed by atoms with Crippen LogP contribution in [0.1, 0.15) is 30.3 Å².